The van der Waals surface area contributed by atoms with Gasteiger partial charge in [0.2, 0.25) is 0 Å². The molecule has 0 radical (unpaired) electrons. The molecule has 9 aromatic rings. The Hall–Kier alpha value is -7.65. The van der Waals surface area contributed by atoms with Gasteiger partial charge in [-0.3, -0.25) is 25.5 Å². The fourth-order valence-electron chi connectivity index (χ4n) is 8.07. The first-order chi connectivity index (χ1) is 37.0. The van der Waals surface area contributed by atoms with Gasteiger partial charge in [-0.25, -0.2) is 8.78 Å². The predicted octanol–water partition coefficient (Wildman–Crippen LogP) is 15.4. The molecule has 0 saturated carbocycles. The Labute approximate surface area is 467 Å². The zero-order valence-electron chi connectivity index (χ0n) is 49.9. The molecule has 5 heterocycles. The van der Waals surface area contributed by atoms with Crippen LogP contribution in [0.3, 0.4) is 0 Å². The molecule has 13 nitrogen and oxygen atoms in total. The van der Waals surface area contributed by atoms with E-state index in [1.807, 2.05) is 76.2 Å². The van der Waals surface area contributed by atoms with Gasteiger partial charge < -0.3 is 14.4 Å². The summed E-state index contributed by atoms with van der Waals surface area (Å²) in [5, 5.41) is 33.4. The third kappa shape index (κ3) is 18.5. The molecule has 9 rings (SSSR count). The molecular formula is C64H85F2N11O2. The Kier molecular flexibility index (Phi) is 21.1. The van der Waals surface area contributed by atoms with E-state index in [-0.39, 0.29) is 38.7 Å². The molecule has 0 spiro atoms. The number of ether oxygens (including phenoxy) is 2. The van der Waals surface area contributed by atoms with Gasteiger partial charge in [0.25, 0.3) is 0 Å². The monoisotopic (exact) mass is 1080 g/mol. The van der Waals surface area contributed by atoms with Crippen LogP contribution in [0.25, 0.3) is 44.5 Å². The molecule has 5 aromatic heterocycles. The maximum Gasteiger partial charge on any atom is 0.131 e. The third-order valence-corrected chi connectivity index (χ3v) is 12.9. The summed E-state index contributed by atoms with van der Waals surface area (Å²) in [5.74, 6) is 1.53. The van der Waals surface area contributed by atoms with Crippen molar-refractivity contribution in [3.8, 4) is 56.0 Å². The lowest BCUT2D eigenvalue weighted by atomic mass is 9.85. The quantitative estimate of drug-likeness (QED) is 0.0953. The number of aromatic nitrogens is 10. The van der Waals surface area contributed by atoms with Crippen LogP contribution in [-0.2, 0) is 27.1 Å². The van der Waals surface area contributed by atoms with Crippen LogP contribution in [0.15, 0.2) is 135 Å². The lowest BCUT2D eigenvalue weighted by molar-refractivity contribution is 0.257. The number of nitrogens with zero attached hydrogens (tertiary/aromatic N) is 6. The number of methoxy groups -OCH3 is 1. The van der Waals surface area contributed by atoms with E-state index < -0.39 is 0 Å². The number of H-pyrrole nitrogens is 5. The number of hydrogen-bond donors (Lipinski definition) is 5. The Morgan fingerprint density at radius 3 is 1.16 bits per heavy atom. The first kappa shape index (κ1) is 62.2. The normalized spacial score (nSPS) is 11.8. The second-order valence-electron chi connectivity index (χ2n) is 24.9. The second-order valence-corrected chi connectivity index (χ2v) is 24.9. The summed E-state index contributed by atoms with van der Waals surface area (Å²) in [6.07, 6.45) is 18.0. The number of rotatable bonds is 9. The topological polar surface area (TPSA) is 165 Å². The second kappa shape index (κ2) is 26.8. The van der Waals surface area contributed by atoms with Gasteiger partial charge in [-0.2, -0.15) is 25.5 Å². The van der Waals surface area contributed by atoms with Crippen LogP contribution in [0.5, 0.6) is 11.5 Å². The SMILES string of the molecule is CC(C)(C)c1ccc(-c2cn[nH]c2)c(F)c1.CC(C)(C)c1ccc(-c2cn[nH]c2)cc1F.CC(C)(C)c1cn[nH]c1.CN(C)CCOc1cc(-c2cn[nH]c2)ccc1C(C)(C)C.COc1cc(-c2cn[nH]c2)ccc1C(C)(C)C. The Bertz CT molecular complexity index is 3180. The van der Waals surface area contributed by atoms with Gasteiger partial charge in [-0.1, -0.05) is 152 Å². The minimum absolute atomic E-state index is 0.0320. The van der Waals surface area contributed by atoms with E-state index in [0.717, 1.165) is 68.1 Å². The zero-order chi connectivity index (χ0) is 58.3. The van der Waals surface area contributed by atoms with Gasteiger partial charge in [0.1, 0.15) is 29.7 Å². The van der Waals surface area contributed by atoms with E-state index in [4.69, 9.17) is 9.47 Å². The highest BCUT2D eigenvalue weighted by Crippen LogP contribution is 2.37. The third-order valence-electron chi connectivity index (χ3n) is 12.9. The highest BCUT2D eigenvalue weighted by Gasteiger charge is 2.22. The smallest absolute Gasteiger partial charge is 0.131 e. The van der Waals surface area contributed by atoms with Crippen molar-refractivity contribution < 1.29 is 18.3 Å². The summed E-state index contributed by atoms with van der Waals surface area (Å²) in [4.78, 5) is 2.12. The van der Waals surface area contributed by atoms with E-state index >= 15 is 0 Å². The summed E-state index contributed by atoms with van der Waals surface area (Å²) in [6.45, 7) is 33.5. The van der Waals surface area contributed by atoms with E-state index in [9.17, 15) is 8.78 Å². The van der Waals surface area contributed by atoms with E-state index in [1.165, 1.54) is 16.7 Å². The standard InChI is InChI=1S/C17H25N3O.C14H18N2O.2C13H15FN2.C7H12N2/c1-17(2,3)15-7-6-13(14-11-18-19-12-14)10-16(15)21-9-8-20(4)5;1-14(2,3)12-6-5-10(7-13(12)17-4)11-8-15-16-9-11;1-13(2,3)10-4-5-11(12(14)6-10)9-7-15-16-8-9;1-13(2,3)11-5-4-9(6-12(11)14)10-7-15-16-8-10;1-7(2,3)6-4-8-9-5-6/h6-7,10-12H,8-9H2,1-5H3,(H,18,19);5-9H,1-4H3,(H,15,16);2*4-8H,1-3H3,(H,15,16);4-5H,1-3H3,(H,8,9). The van der Waals surface area contributed by atoms with Crippen LogP contribution in [-0.4, -0.2) is 90.2 Å². The molecule has 0 aliphatic rings. The molecular weight excluding hydrogens is 993 g/mol. The van der Waals surface area contributed by atoms with Gasteiger partial charge in [-0.05, 0) is 110 Å². The van der Waals surface area contributed by atoms with Crippen molar-refractivity contribution in [3.63, 3.8) is 0 Å². The fraction of sp³-hybridized carbons (Fsp3) is 0.391. The molecule has 0 bridgehead atoms. The highest BCUT2D eigenvalue weighted by atomic mass is 19.1. The molecule has 4 aromatic carbocycles. The Balaban J connectivity index is 0.000000185. The molecule has 79 heavy (non-hydrogen) atoms. The lowest BCUT2D eigenvalue weighted by Crippen LogP contribution is -2.21. The highest BCUT2D eigenvalue weighted by molar-refractivity contribution is 5.67. The number of benzene rings is 4. The predicted molar refractivity (Wildman–Crippen MR) is 319 cm³/mol. The van der Waals surface area contributed by atoms with Crippen LogP contribution >= 0.6 is 0 Å². The van der Waals surface area contributed by atoms with Gasteiger partial charge in [-0.15, -0.1) is 0 Å². The maximum absolute atomic E-state index is 13.9. The zero-order valence-corrected chi connectivity index (χ0v) is 49.9. The number of hydrogen-bond acceptors (Lipinski definition) is 8. The Morgan fingerprint density at radius 1 is 0.405 bits per heavy atom. The molecule has 0 aliphatic carbocycles. The number of nitrogens with one attached hydrogen (secondary N) is 5. The first-order valence-corrected chi connectivity index (χ1v) is 26.6. The molecule has 422 valence electrons. The summed E-state index contributed by atoms with van der Waals surface area (Å²) < 4.78 is 39.3. The summed E-state index contributed by atoms with van der Waals surface area (Å²) >= 11 is 0. The molecule has 0 unspecified atom stereocenters. The largest absolute Gasteiger partial charge is 0.496 e. The summed E-state index contributed by atoms with van der Waals surface area (Å²) in [6, 6.07) is 23.4. The van der Waals surface area contributed by atoms with Crippen LogP contribution in [0.1, 0.15) is 132 Å². The lowest BCUT2D eigenvalue weighted by Gasteiger charge is -2.24. The van der Waals surface area contributed by atoms with Crippen LogP contribution in [0.4, 0.5) is 8.78 Å². The number of halogens is 2. The molecule has 0 saturated heterocycles. The molecule has 0 amide bonds. The maximum atomic E-state index is 13.9. The van der Waals surface area contributed by atoms with Gasteiger partial charge in [0.05, 0.1) is 38.1 Å². The first-order valence-electron chi connectivity index (χ1n) is 26.6. The van der Waals surface area contributed by atoms with Crippen LogP contribution in [0.2, 0.25) is 0 Å². The van der Waals surface area contributed by atoms with E-state index in [2.05, 4.69) is 189 Å². The Morgan fingerprint density at radius 2 is 0.810 bits per heavy atom. The summed E-state index contributed by atoms with van der Waals surface area (Å²) in [7, 11) is 5.82. The van der Waals surface area contributed by atoms with Crippen molar-refractivity contribution in [1.29, 1.82) is 0 Å². The van der Waals surface area contributed by atoms with Crippen molar-refractivity contribution in [3.05, 3.63) is 174 Å². The van der Waals surface area contributed by atoms with Crippen molar-refractivity contribution in [2.24, 2.45) is 0 Å². The molecule has 15 heteroatoms. The van der Waals surface area contributed by atoms with E-state index in [1.54, 1.807) is 50.1 Å². The van der Waals surface area contributed by atoms with Crippen LogP contribution < -0.4 is 9.47 Å². The summed E-state index contributed by atoms with van der Waals surface area (Å²) in [5.41, 5.74) is 13.1. The minimum atomic E-state index is -0.200. The molecule has 0 fully saturated rings. The van der Waals surface area contributed by atoms with Crippen LogP contribution in [0, 0.1) is 11.6 Å². The molecule has 5 N–H and O–H groups in total. The van der Waals surface area contributed by atoms with Gasteiger partial charge in [0, 0.05) is 65.3 Å². The minimum Gasteiger partial charge on any atom is -0.496 e. The van der Waals surface area contributed by atoms with Crippen molar-refractivity contribution >= 4 is 0 Å². The average Bonchev–Trinajstić information content (AvgIpc) is 4.25. The molecule has 0 atom stereocenters. The van der Waals surface area contributed by atoms with E-state index in [0.29, 0.717) is 12.2 Å². The number of aromatic amines is 5. The molecule has 0 aliphatic heterocycles. The van der Waals surface area contributed by atoms with Crippen molar-refractivity contribution in [1.82, 2.24) is 55.9 Å². The van der Waals surface area contributed by atoms with Gasteiger partial charge in [0.15, 0.2) is 0 Å². The van der Waals surface area contributed by atoms with Gasteiger partial charge >= 0.3 is 0 Å². The fourth-order valence-corrected chi connectivity index (χ4v) is 8.07. The van der Waals surface area contributed by atoms with Crippen molar-refractivity contribution in [2.45, 2.75) is 131 Å². The van der Waals surface area contributed by atoms with Crippen molar-refractivity contribution in [2.75, 3.05) is 34.4 Å². The average molecular weight is 1080 g/mol. The number of likely N-dealkylation sites (N-methyl/N-ethyl adjacent to an activating group) is 1.